The number of morpholine rings is 1. The van der Waals surface area contributed by atoms with Crippen molar-refractivity contribution in [2.45, 2.75) is 33.0 Å². The highest BCUT2D eigenvalue weighted by atomic mass is 16.5. The van der Waals surface area contributed by atoms with Crippen LogP contribution in [0.1, 0.15) is 31.1 Å². The summed E-state index contributed by atoms with van der Waals surface area (Å²) in [5, 5.41) is 7.08. The third-order valence-corrected chi connectivity index (χ3v) is 4.96. The van der Waals surface area contributed by atoms with Crippen LogP contribution in [0.3, 0.4) is 0 Å². The standard InChI is InChI=1S/C22H24N4O3/c1-14-12-25(13-15(2)29-14)22(28)18-8-6-17(7-9-18)19-5-4-10-26-20(19)11-21(24-26)23-16(3)27/h4-11,14-15H,12-13H2,1-3H3,(H,23,24,27)/t14-,15+. The maximum absolute atomic E-state index is 12.9. The van der Waals surface area contributed by atoms with Crippen LogP contribution in [0, 0.1) is 0 Å². The molecule has 1 aliphatic rings. The van der Waals surface area contributed by atoms with Gasteiger partial charge in [-0.15, -0.1) is 0 Å². The number of pyridine rings is 1. The topological polar surface area (TPSA) is 75.9 Å². The number of rotatable bonds is 3. The van der Waals surface area contributed by atoms with Crippen LogP contribution in [0.2, 0.25) is 0 Å². The lowest BCUT2D eigenvalue weighted by Crippen LogP contribution is -2.48. The Morgan fingerprint density at radius 3 is 2.45 bits per heavy atom. The van der Waals surface area contributed by atoms with Gasteiger partial charge in [0.1, 0.15) is 0 Å². The van der Waals surface area contributed by atoms with Crippen molar-refractivity contribution >= 4 is 23.1 Å². The van der Waals surface area contributed by atoms with Crippen LogP contribution in [0.4, 0.5) is 5.82 Å². The summed E-state index contributed by atoms with van der Waals surface area (Å²) >= 11 is 0. The van der Waals surface area contributed by atoms with Gasteiger partial charge < -0.3 is 15.0 Å². The van der Waals surface area contributed by atoms with Crippen LogP contribution < -0.4 is 5.32 Å². The second kappa shape index (κ2) is 7.67. The highest BCUT2D eigenvalue weighted by molar-refractivity contribution is 5.95. The fraction of sp³-hybridized carbons (Fsp3) is 0.318. The second-order valence-corrected chi connectivity index (χ2v) is 7.51. The predicted molar refractivity (Wildman–Crippen MR) is 111 cm³/mol. The summed E-state index contributed by atoms with van der Waals surface area (Å²) in [4.78, 5) is 26.0. The van der Waals surface area contributed by atoms with E-state index in [1.165, 1.54) is 6.92 Å². The zero-order chi connectivity index (χ0) is 20.5. The van der Waals surface area contributed by atoms with Gasteiger partial charge in [-0.3, -0.25) is 9.59 Å². The molecule has 0 bridgehead atoms. The number of carbonyl (C=O) groups excluding carboxylic acids is 2. The number of hydrogen-bond donors (Lipinski definition) is 1. The molecule has 29 heavy (non-hydrogen) atoms. The minimum atomic E-state index is -0.162. The fourth-order valence-electron chi connectivity index (χ4n) is 3.82. The van der Waals surface area contributed by atoms with E-state index in [2.05, 4.69) is 10.4 Å². The third kappa shape index (κ3) is 4.00. The molecular formula is C22H24N4O3. The largest absolute Gasteiger partial charge is 0.372 e. The summed E-state index contributed by atoms with van der Waals surface area (Å²) in [5.74, 6) is 0.367. The summed E-state index contributed by atoms with van der Waals surface area (Å²) < 4.78 is 7.45. The minimum Gasteiger partial charge on any atom is -0.372 e. The number of benzene rings is 1. The number of hydrogen-bond acceptors (Lipinski definition) is 4. The first-order valence-corrected chi connectivity index (χ1v) is 9.72. The van der Waals surface area contributed by atoms with Gasteiger partial charge in [0.15, 0.2) is 5.82 Å². The Hall–Kier alpha value is -3.19. The highest BCUT2D eigenvalue weighted by Gasteiger charge is 2.26. The second-order valence-electron chi connectivity index (χ2n) is 7.51. The van der Waals surface area contributed by atoms with Crippen LogP contribution in [-0.2, 0) is 9.53 Å². The van der Waals surface area contributed by atoms with Gasteiger partial charge in [0.25, 0.3) is 5.91 Å². The number of nitrogens with one attached hydrogen (secondary N) is 1. The van der Waals surface area contributed by atoms with Crippen LogP contribution in [0.25, 0.3) is 16.6 Å². The van der Waals surface area contributed by atoms with Gasteiger partial charge in [-0.05, 0) is 37.6 Å². The Morgan fingerprint density at radius 1 is 1.10 bits per heavy atom. The van der Waals surface area contributed by atoms with Crippen LogP contribution in [-0.4, -0.2) is 51.6 Å². The molecule has 3 heterocycles. The van der Waals surface area contributed by atoms with Gasteiger partial charge in [0.2, 0.25) is 5.91 Å². The van der Waals surface area contributed by atoms with Crippen molar-refractivity contribution in [2.24, 2.45) is 0 Å². The molecule has 2 atom stereocenters. The normalized spacial score (nSPS) is 19.3. The molecule has 0 aliphatic carbocycles. The van der Waals surface area contributed by atoms with Gasteiger partial charge in [-0.1, -0.05) is 18.2 Å². The SMILES string of the molecule is CC(=O)Nc1cc2c(-c3ccc(C(=O)N4C[C@@H](C)O[C@@H](C)C4)cc3)cccn2n1. The number of anilines is 1. The minimum absolute atomic E-state index is 0.0223. The molecule has 0 spiro atoms. The molecule has 1 aromatic carbocycles. The first-order chi connectivity index (χ1) is 13.9. The summed E-state index contributed by atoms with van der Waals surface area (Å²) in [7, 11) is 0. The molecule has 7 heteroatoms. The van der Waals surface area contributed by atoms with E-state index in [0.29, 0.717) is 24.5 Å². The molecular weight excluding hydrogens is 368 g/mol. The van der Waals surface area contributed by atoms with Crippen molar-refractivity contribution < 1.29 is 14.3 Å². The van der Waals surface area contributed by atoms with Gasteiger partial charge in [-0.2, -0.15) is 5.10 Å². The van der Waals surface area contributed by atoms with Gasteiger partial charge >= 0.3 is 0 Å². The molecule has 0 unspecified atom stereocenters. The summed E-state index contributed by atoms with van der Waals surface area (Å²) in [6.45, 7) is 6.63. The van der Waals surface area contributed by atoms with Crippen LogP contribution in [0.5, 0.6) is 0 Å². The predicted octanol–water partition coefficient (Wildman–Crippen LogP) is 3.21. The van der Waals surface area contributed by atoms with Crippen molar-refractivity contribution in [1.29, 1.82) is 0 Å². The van der Waals surface area contributed by atoms with E-state index < -0.39 is 0 Å². The first-order valence-electron chi connectivity index (χ1n) is 9.72. The number of ether oxygens (including phenoxy) is 1. The zero-order valence-electron chi connectivity index (χ0n) is 16.8. The van der Waals surface area contributed by atoms with Gasteiger partial charge in [-0.25, -0.2) is 4.52 Å². The van der Waals surface area contributed by atoms with Gasteiger partial charge in [0, 0.05) is 43.4 Å². The Morgan fingerprint density at radius 2 is 1.79 bits per heavy atom. The monoisotopic (exact) mass is 392 g/mol. The number of nitrogens with zero attached hydrogens (tertiary/aromatic N) is 3. The summed E-state index contributed by atoms with van der Waals surface area (Å²) in [5.41, 5.74) is 3.50. The van der Waals surface area contributed by atoms with E-state index >= 15 is 0 Å². The van der Waals surface area contributed by atoms with Crippen LogP contribution >= 0.6 is 0 Å². The Balaban J connectivity index is 1.60. The lowest BCUT2D eigenvalue weighted by molar-refractivity contribution is -0.114. The molecule has 1 aliphatic heterocycles. The quantitative estimate of drug-likeness (QED) is 0.743. The molecule has 1 saturated heterocycles. The number of aromatic nitrogens is 2. The van der Waals surface area contributed by atoms with Crippen LogP contribution in [0.15, 0.2) is 48.7 Å². The fourth-order valence-corrected chi connectivity index (χ4v) is 3.82. The molecule has 0 saturated carbocycles. The van der Waals surface area contributed by atoms with Crippen molar-refractivity contribution in [2.75, 3.05) is 18.4 Å². The van der Waals surface area contributed by atoms with E-state index in [9.17, 15) is 9.59 Å². The smallest absolute Gasteiger partial charge is 0.254 e. The number of amides is 2. The summed E-state index contributed by atoms with van der Waals surface area (Å²) in [6, 6.07) is 13.3. The zero-order valence-corrected chi connectivity index (χ0v) is 16.8. The van der Waals surface area contributed by atoms with Gasteiger partial charge in [0.05, 0.1) is 17.7 Å². The van der Waals surface area contributed by atoms with Crippen molar-refractivity contribution in [3.63, 3.8) is 0 Å². The van der Waals surface area contributed by atoms with E-state index in [4.69, 9.17) is 4.74 Å². The molecule has 4 rings (SSSR count). The Bertz CT molecular complexity index is 1050. The average Bonchev–Trinajstić information content (AvgIpc) is 3.08. The van der Waals surface area contributed by atoms with E-state index in [0.717, 1.165) is 16.6 Å². The van der Waals surface area contributed by atoms with E-state index in [1.54, 1.807) is 4.52 Å². The molecule has 3 aromatic rings. The van der Waals surface area contributed by atoms with Crippen molar-refractivity contribution in [1.82, 2.24) is 14.5 Å². The highest BCUT2D eigenvalue weighted by Crippen LogP contribution is 2.27. The maximum Gasteiger partial charge on any atom is 0.254 e. The molecule has 150 valence electrons. The molecule has 0 radical (unpaired) electrons. The van der Waals surface area contributed by atoms with E-state index in [-0.39, 0.29) is 24.0 Å². The lowest BCUT2D eigenvalue weighted by atomic mass is 10.0. The Kier molecular flexibility index (Phi) is 5.07. The first kappa shape index (κ1) is 19.1. The molecule has 7 nitrogen and oxygen atoms in total. The molecule has 2 amide bonds. The van der Waals surface area contributed by atoms with Crippen molar-refractivity contribution in [3.05, 3.63) is 54.2 Å². The van der Waals surface area contributed by atoms with E-state index in [1.807, 2.05) is 67.4 Å². The number of fused-ring (bicyclic) bond motifs is 1. The molecule has 2 aromatic heterocycles. The number of carbonyl (C=O) groups is 2. The Labute approximate surface area is 169 Å². The maximum atomic E-state index is 12.9. The molecule has 1 N–H and O–H groups in total. The lowest BCUT2D eigenvalue weighted by Gasteiger charge is -2.35. The summed E-state index contributed by atoms with van der Waals surface area (Å²) in [6.07, 6.45) is 1.92. The average molecular weight is 392 g/mol. The van der Waals surface area contributed by atoms with Crippen molar-refractivity contribution in [3.8, 4) is 11.1 Å². The third-order valence-electron chi connectivity index (χ3n) is 4.96. The molecule has 1 fully saturated rings.